The van der Waals surface area contributed by atoms with E-state index < -0.39 is 72.2 Å². The maximum atomic E-state index is 14.9. The molecule has 37 heavy (non-hydrogen) atoms. The first kappa shape index (κ1) is 28.6. The highest BCUT2D eigenvalue weighted by Gasteiger charge is 2.61. The molecule has 0 spiro atoms. The summed E-state index contributed by atoms with van der Waals surface area (Å²) in [5.41, 5.74) is 0. The Morgan fingerprint density at radius 3 is 2.38 bits per heavy atom. The van der Waals surface area contributed by atoms with Crippen LogP contribution in [-0.2, 0) is 19.2 Å². The molecule has 4 aliphatic rings. The molecule has 9 nitrogen and oxygen atoms in total. The SMILES string of the molecule is CC(C)C[C@H](NC(=O)C(F)(F)F)C(=O)N1[C@H]2CC[C@@H]([C@@H]1C(=O)N[C@H](C#N)C[C@@H]1CCNC1=O)C(F)(F)C2. The van der Waals surface area contributed by atoms with Crippen molar-refractivity contribution in [2.45, 2.75) is 88.6 Å². The lowest BCUT2D eigenvalue weighted by Crippen LogP contribution is -2.71. The van der Waals surface area contributed by atoms with Crippen LogP contribution in [0, 0.1) is 29.1 Å². The number of hydrogen-bond acceptors (Lipinski definition) is 5. The highest BCUT2D eigenvalue weighted by atomic mass is 19.4. The van der Waals surface area contributed by atoms with Crippen molar-refractivity contribution in [2.24, 2.45) is 17.8 Å². The number of halogens is 5. The average Bonchev–Trinajstić information content (AvgIpc) is 3.19. The lowest BCUT2D eigenvalue weighted by molar-refractivity contribution is -0.196. The van der Waals surface area contributed by atoms with Crippen LogP contribution < -0.4 is 16.0 Å². The molecule has 1 saturated carbocycles. The highest BCUT2D eigenvalue weighted by Crippen LogP contribution is 2.49. The summed E-state index contributed by atoms with van der Waals surface area (Å²) in [5.74, 6) is -10.6. The largest absolute Gasteiger partial charge is 0.471 e. The van der Waals surface area contributed by atoms with Gasteiger partial charge in [-0.3, -0.25) is 19.2 Å². The molecule has 4 amide bonds. The molecule has 6 atom stereocenters. The summed E-state index contributed by atoms with van der Waals surface area (Å²) in [7, 11) is 0. The maximum Gasteiger partial charge on any atom is 0.471 e. The first-order valence-corrected chi connectivity index (χ1v) is 12.2. The third-order valence-electron chi connectivity index (χ3n) is 7.18. The number of fused-ring (bicyclic) bond motifs is 3. The van der Waals surface area contributed by atoms with E-state index in [1.54, 1.807) is 19.2 Å². The van der Waals surface area contributed by atoms with Crippen LogP contribution in [-0.4, -0.2) is 71.3 Å². The Hall–Kier alpha value is -2.98. The Labute approximate surface area is 210 Å². The first-order valence-electron chi connectivity index (χ1n) is 12.2. The van der Waals surface area contributed by atoms with Gasteiger partial charge in [0.1, 0.15) is 18.1 Å². The van der Waals surface area contributed by atoms with Crippen LogP contribution in [0.5, 0.6) is 0 Å². The van der Waals surface area contributed by atoms with Gasteiger partial charge in [0.05, 0.1) is 12.0 Å². The number of amides is 4. The molecule has 1 aliphatic carbocycles. The summed E-state index contributed by atoms with van der Waals surface area (Å²) in [6.07, 6.45) is -5.87. The van der Waals surface area contributed by atoms with Gasteiger partial charge in [0.25, 0.3) is 5.92 Å². The number of nitrogens with zero attached hydrogens (tertiary/aromatic N) is 2. The van der Waals surface area contributed by atoms with Gasteiger partial charge in [-0.25, -0.2) is 8.78 Å². The van der Waals surface area contributed by atoms with Gasteiger partial charge in [-0.2, -0.15) is 18.4 Å². The molecule has 0 radical (unpaired) electrons. The molecular weight excluding hydrogens is 505 g/mol. The summed E-state index contributed by atoms with van der Waals surface area (Å²) in [6, 6.07) is -3.94. The summed E-state index contributed by atoms with van der Waals surface area (Å²) in [4.78, 5) is 51.1. The standard InChI is InChI=1S/C23H30F5N5O4/c1-11(2)7-16(32-21(37)23(26,27)28)20(36)33-14-3-4-15(22(24,25)9-14)17(33)19(35)31-13(10-29)8-12-5-6-30-18(12)34/h11-17H,3-9H2,1-2H3,(H,30,34)(H,31,35)(H,32,37)/t12-,13-,14-,15-,16-,17+/m0/s1. The Bertz CT molecular complexity index is 966. The lowest BCUT2D eigenvalue weighted by Gasteiger charge is -2.54. The summed E-state index contributed by atoms with van der Waals surface area (Å²) < 4.78 is 68.5. The van der Waals surface area contributed by atoms with Crippen molar-refractivity contribution in [1.82, 2.24) is 20.9 Å². The monoisotopic (exact) mass is 535 g/mol. The van der Waals surface area contributed by atoms with Crippen molar-refractivity contribution in [3.63, 3.8) is 0 Å². The normalized spacial score (nSPS) is 28.3. The molecule has 3 aliphatic heterocycles. The molecule has 2 bridgehead atoms. The topological polar surface area (TPSA) is 131 Å². The van der Waals surface area contributed by atoms with E-state index in [0.717, 1.165) is 4.90 Å². The number of alkyl halides is 5. The van der Waals surface area contributed by atoms with Crippen LogP contribution in [0.4, 0.5) is 22.0 Å². The number of carbonyl (C=O) groups is 4. The molecular formula is C23H30F5N5O4. The molecule has 3 N–H and O–H groups in total. The zero-order valence-electron chi connectivity index (χ0n) is 20.4. The number of piperidine rings is 2. The minimum atomic E-state index is -5.27. The highest BCUT2D eigenvalue weighted by molar-refractivity contribution is 5.94. The fourth-order valence-corrected chi connectivity index (χ4v) is 5.49. The Kier molecular flexibility index (Phi) is 8.34. The number of nitriles is 1. The van der Waals surface area contributed by atoms with Crippen molar-refractivity contribution in [3.8, 4) is 6.07 Å². The van der Waals surface area contributed by atoms with Gasteiger partial charge in [-0.1, -0.05) is 13.8 Å². The molecule has 0 aromatic heterocycles. The van der Waals surface area contributed by atoms with Gasteiger partial charge < -0.3 is 20.9 Å². The maximum absolute atomic E-state index is 14.9. The van der Waals surface area contributed by atoms with Gasteiger partial charge in [0.15, 0.2) is 0 Å². The Balaban J connectivity index is 1.87. The molecule has 0 aromatic carbocycles. The zero-order chi connectivity index (χ0) is 27.7. The second kappa shape index (κ2) is 10.8. The molecule has 4 rings (SSSR count). The number of nitrogens with one attached hydrogen (secondary N) is 3. The van der Waals surface area contributed by atoms with E-state index in [1.807, 2.05) is 6.07 Å². The van der Waals surface area contributed by atoms with Crippen LogP contribution >= 0.6 is 0 Å². The molecule has 3 heterocycles. The summed E-state index contributed by atoms with van der Waals surface area (Å²) >= 11 is 0. The van der Waals surface area contributed by atoms with E-state index in [4.69, 9.17) is 0 Å². The molecule has 0 unspecified atom stereocenters. The second-order valence-electron chi connectivity index (χ2n) is 10.3. The van der Waals surface area contributed by atoms with Crippen LogP contribution in [0.3, 0.4) is 0 Å². The van der Waals surface area contributed by atoms with Crippen LogP contribution in [0.15, 0.2) is 0 Å². The van der Waals surface area contributed by atoms with Gasteiger partial charge in [-0.15, -0.1) is 0 Å². The quantitative estimate of drug-likeness (QED) is 0.407. The molecule has 206 valence electrons. The van der Waals surface area contributed by atoms with E-state index in [0.29, 0.717) is 13.0 Å². The van der Waals surface area contributed by atoms with E-state index in [9.17, 15) is 46.4 Å². The smallest absolute Gasteiger partial charge is 0.356 e. The van der Waals surface area contributed by atoms with Crippen molar-refractivity contribution in [1.29, 1.82) is 5.26 Å². The van der Waals surface area contributed by atoms with Gasteiger partial charge >= 0.3 is 12.1 Å². The van der Waals surface area contributed by atoms with Crippen molar-refractivity contribution >= 4 is 23.6 Å². The third-order valence-corrected chi connectivity index (χ3v) is 7.18. The van der Waals surface area contributed by atoms with Gasteiger partial charge in [0, 0.05) is 24.9 Å². The molecule has 14 heteroatoms. The first-order chi connectivity index (χ1) is 17.2. The van der Waals surface area contributed by atoms with Crippen LogP contribution in [0.2, 0.25) is 0 Å². The van der Waals surface area contributed by atoms with Crippen molar-refractivity contribution < 1.29 is 41.1 Å². The lowest BCUT2D eigenvalue weighted by atomic mass is 9.71. The summed E-state index contributed by atoms with van der Waals surface area (Å²) in [6.45, 7) is 3.62. The molecule has 4 fully saturated rings. The second-order valence-corrected chi connectivity index (χ2v) is 10.3. The average molecular weight is 536 g/mol. The number of hydrogen-bond donors (Lipinski definition) is 3. The third kappa shape index (κ3) is 6.30. The zero-order valence-corrected chi connectivity index (χ0v) is 20.4. The molecule has 0 aromatic rings. The van der Waals surface area contributed by atoms with E-state index in [2.05, 4.69) is 10.6 Å². The Morgan fingerprint density at radius 1 is 1.19 bits per heavy atom. The minimum absolute atomic E-state index is 0.0587. The minimum Gasteiger partial charge on any atom is -0.356 e. The van der Waals surface area contributed by atoms with Gasteiger partial charge in [-0.05, 0) is 38.0 Å². The van der Waals surface area contributed by atoms with Crippen LogP contribution in [0.1, 0.15) is 52.4 Å². The van der Waals surface area contributed by atoms with E-state index >= 15 is 0 Å². The van der Waals surface area contributed by atoms with E-state index in [-0.39, 0.29) is 37.5 Å². The fourth-order valence-electron chi connectivity index (χ4n) is 5.49. The van der Waals surface area contributed by atoms with Gasteiger partial charge in [0.2, 0.25) is 17.7 Å². The van der Waals surface area contributed by atoms with E-state index in [1.165, 1.54) is 0 Å². The molecule has 3 saturated heterocycles. The van der Waals surface area contributed by atoms with Crippen molar-refractivity contribution in [2.75, 3.05) is 6.54 Å². The van der Waals surface area contributed by atoms with Crippen molar-refractivity contribution in [3.05, 3.63) is 0 Å². The summed E-state index contributed by atoms with van der Waals surface area (Å²) in [5, 5.41) is 16.1. The number of rotatable bonds is 8. The fraction of sp³-hybridized carbons (Fsp3) is 0.783. The predicted octanol–water partition coefficient (Wildman–Crippen LogP) is 1.63. The predicted molar refractivity (Wildman–Crippen MR) is 117 cm³/mol. The number of carbonyl (C=O) groups excluding carboxylic acids is 4. The van der Waals surface area contributed by atoms with Crippen LogP contribution in [0.25, 0.3) is 0 Å². The Morgan fingerprint density at radius 2 is 1.86 bits per heavy atom.